The number of likely N-dealkylation sites (N-methyl/N-ethyl adjacent to an activating group) is 2. The van der Waals surface area contributed by atoms with E-state index < -0.39 is 33.2 Å². The number of hydrogen-bond acceptors (Lipinski definition) is 8. The molecule has 0 fully saturated rings. The molecule has 0 saturated carbocycles. The molecule has 0 radical (unpaired) electrons. The first kappa shape index (κ1) is 60.0. The average Bonchev–Trinajstić information content (AvgIpc) is 3.14. The van der Waals surface area contributed by atoms with Crippen molar-refractivity contribution in [2.24, 2.45) is 0 Å². The maximum Gasteiger partial charge on any atom is 1.00 e. The van der Waals surface area contributed by atoms with Crippen LogP contribution in [0.5, 0.6) is 0 Å². The van der Waals surface area contributed by atoms with Gasteiger partial charge in [0, 0.05) is 38.8 Å². The third kappa shape index (κ3) is 41.3. The first-order valence-corrected chi connectivity index (χ1v) is 24.7. The van der Waals surface area contributed by atoms with Crippen LogP contribution in [-0.4, -0.2) is 124 Å². The van der Waals surface area contributed by atoms with Crippen molar-refractivity contribution < 1.29 is 76.8 Å². The van der Waals surface area contributed by atoms with Gasteiger partial charge >= 0.3 is 29.6 Å². The Morgan fingerprint density at radius 3 is 1.10 bits per heavy atom. The Labute approximate surface area is 378 Å². The summed E-state index contributed by atoms with van der Waals surface area (Å²) in [6.07, 6.45) is 28.0. The fourth-order valence-electron chi connectivity index (χ4n) is 7.37. The Hall–Kier alpha value is -0.110. The van der Waals surface area contributed by atoms with Crippen molar-refractivity contribution in [3.05, 3.63) is 0 Å². The molecule has 14 heteroatoms. The number of nitrogens with one attached hydrogen (secondary N) is 2. The molecule has 0 aromatic carbocycles. The summed E-state index contributed by atoms with van der Waals surface area (Å²) in [5.74, 6) is 0.155. The third-order valence-corrected chi connectivity index (χ3v) is 11.7. The Morgan fingerprint density at radius 2 is 0.810 bits per heavy atom. The van der Waals surface area contributed by atoms with Crippen LogP contribution in [0.2, 0.25) is 0 Å². The van der Waals surface area contributed by atoms with E-state index in [0.29, 0.717) is 48.0 Å². The molecule has 0 bridgehead atoms. The summed E-state index contributed by atoms with van der Waals surface area (Å²) in [4.78, 5) is 36.8. The minimum absolute atomic E-state index is 0. The molecule has 12 nitrogen and oxygen atoms in total. The minimum atomic E-state index is -4.73. The predicted octanol–water partition coefficient (Wildman–Crippen LogP) is 4.78. The van der Waals surface area contributed by atoms with E-state index in [2.05, 4.69) is 24.5 Å². The molecule has 340 valence electrons. The molecule has 0 spiro atoms. The van der Waals surface area contributed by atoms with Crippen LogP contribution in [-0.2, 0) is 23.2 Å². The van der Waals surface area contributed by atoms with Crippen LogP contribution in [0, 0.1) is 0 Å². The van der Waals surface area contributed by atoms with Gasteiger partial charge in [0.15, 0.2) is 0 Å². The monoisotopic (exact) mass is 859 g/mol. The number of aliphatic hydroxyl groups is 2. The molecule has 4 N–H and O–H groups in total. The van der Waals surface area contributed by atoms with E-state index in [-0.39, 0.29) is 54.5 Å². The van der Waals surface area contributed by atoms with Gasteiger partial charge in [-0.2, -0.15) is 0 Å². The molecule has 0 saturated heterocycles. The number of carbonyl (C=O) groups is 2. The summed E-state index contributed by atoms with van der Waals surface area (Å²) < 4.78 is 23.1. The van der Waals surface area contributed by atoms with Crippen molar-refractivity contribution in [1.29, 1.82) is 0 Å². The van der Waals surface area contributed by atoms with Gasteiger partial charge in [-0.1, -0.05) is 142 Å². The number of quaternary nitrogens is 2. The van der Waals surface area contributed by atoms with Gasteiger partial charge in [0.2, 0.25) is 11.8 Å². The molecule has 0 aliphatic rings. The number of aliphatic hydroxyl groups excluding tert-OH is 2. The smallest absolute Gasteiger partial charge is 0.756 e. The van der Waals surface area contributed by atoms with Crippen molar-refractivity contribution in [3.8, 4) is 0 Å². The SMILES string of the molecule is CCCCCCCCCCCCCC(=O)NCCC[N+](C)(C)CC(O)COP(=O)([O-])OCC(O)C[N+](C)(C)CCCNC(=O)CCCCCCCCCCCCC.[Na+]. The zero-order valence-corrected chi connectivity index (χ0v) is 41.8. The largest absolute Gasteiger partial charge is 1.00 e. The van der Waals surface area contributed by atoms with Gasteiger partial charge in [-0.25, -0.2) is 0 Å². The molecule has 0 aliphatic heterocycles. The molecule has 0 rings (SSSR count). The van der Waals surface area contributed by atoms with Crippen LogP contribution in [0.4, 0.5) is 0 Å². The van der Waals surface area contributed by atoms with E-state index >= 15 is 0 Å². The molecular weight excluding hydrogens is 766 g/mol. The molecule has 58 heavy (non-hydrogen) atoms. The number of hydrogen-bond donors (Lipinski definition) is 4. The number of unbranched alkanes of at least 4 members (excludes halogenated alkanes) is 20. The van der Waals surface area contributed by atoms with Gasteiger partial charge < -0.3 is 43.8 Å². The summed E-state index contributed by atoms with van der Waals surface area (Å²) in [5, 5.41) is 27.0. The van der Waals surface area contributed by atoms with E-state index in [4.69, 9.17) is 9.05 Å². The van der Waals surface area contributed by atoms with Crippen LogP contribution >= 0.6 is 7.82 Å². The molecule has 0 aromatic rings. The standard InChI is InChI=1S/C44H91N4O8P.Na/c1-7-9-11-13-15-17-19-21-23-25-27-31-43(51)45-33-29-35-47(3,4)37-41(49)39-55-57(53,54)56-40-42(50)38-48(5,6)36-30-34-46-44(52)32-28-26-24-22-20-18-16-14-12-10-8-2;/h41-42,49-50H,7-40H2,1-6H3,(H-2,45,46,51,52,53,54);/q;+1/p+1. The van der Waals surface area contributed by atoms with Crippen molar-refractivity contribution in [3.63, 3.8) is 0 Å². The van der Waals surface area contributed by atoms with E-state index in [1.54, 1.807) is 0 Å². The maximum absolute atomic E-state index is 12.4. The van der Waals surface area contributed by atoms with Crippen LogP contribution in [0.3, 0.4) is 0 Å². The molecule has 0 aliphatic carbocycles. The Kier molecular flexibility index (Phi) is 39.9. The summed E-state index contributed by atoms with van der Waals surface area (Å²) >= 11 is 0. The van der Waals surface area contributed by atoms with Crippen LogP contribution < -0.4 is 45.1 Å². The number of carbonyl (C=O) groups excluding carboxylic acids is 2. The zero-order valence-electron chi connectivity index (χ0n) is 38.9. The summed E-state index contributed by atoms with van der Waals surface area (Å²) in [5.41, 5.74) is 0. The van der Waals surface area contributed by atoms with Gasteiger partial charge in [-0.05, 0) is 12.8 Å². The molecule has 2 amide bonds. The first-order chi connectivity index (χ1) is 27.1. The van der Waals surface area contributed by atoms with Crippen LogP contribution in [0.1, 0.15) is 181 Å². The Morgan fingerprint density at radius 1 is 0.534 bits per heavy atom. The number of amides is 2. The molecule has 0 heterocycles. The summed E-state index contributed by atoms with van der Waals surface area (Å²) in [6.45, 7) is 6.62. The van der Waals surface area contributed by atoms with Crippen molar-refractivity contribution in [2.45, 2.75) is 193 Å². The fourth-order valence-corrected chi connectivity index (χ4v) is 8.15. The Balaban J connectivity index is 0. The van der Waals surface area contributed by atoms with E-state index in [0.717, 1.165) is 38.5 Å². The van der Waals surface area contributed by atoms with Gasteiger partial charge in [-0.15, -0.1) is 0 Å². The fraction of sp³-hybridized carbons (Fsp3) is 0.955. The van der Waals surface area contributed by atoms with E-state index in [1.807, 2.05) is 28.2 Å². The van der Waals surface area contributed by atoms with Crippen LogP contribution in [0.15, 0.2) is 0 Å². The van der Waals surface area contributed by atoms with Gasteiger partial charge in [-0.3, -0.25) is 14.2 Å². The quantitative estimate of drug-likeness (QED) is 0.0296. The predicted molar refractivity (Wildman–Crippen MR) is 233 cm³/mol. The topological polar surface area (TPSA) is 157 Å². The zero-order chi connectivity index (χ0) is 42.7. The van der Waals surface area contributed by atoms with Crippen molar-refractivity contribution >= 4 is 19.6 Å². The normalized spacial score (nSPS) is 14.1. The number of nitrogens with zero attached hydrogens (tertiary/aromatic N) is 2. The molecular formula is C44H92N4NaO8P+2. The Bertz CT molecular complexity index is 952. The molecule has 0 aromatic heterocycles. The second kappa shape index (κ2) is 38.6. The first-order valence-electron chi connectivity index (χ1n) is 23.2. The minimum Gasteiger partial charge on any atom is -0.756 e. The van der Waals surface area contributed by atoms with Crippen molar-refractivity contribution in [1.82, 2.24) is 10.6 Å². The third-order valence-electron chi connectivity index (χ3n) is 10.8. The summed E-state index contributed by atoms with van der Waals surface area (Å²) in [6, 6.07) is 0. The number of rotatable bonds is 42. The van der Waals surface area contributed by atoms with Gasteiger partial charge in [0.05, 0.1) is 54.5 Å². The van der Waals surface area contributed by atoms with Gasteiger partial charge in [0.25, 0.3) is 7.82 Å². The second-order valence-electron chi connectivity index (χ2n) is 18.0. The number of phosphoric ester groups is 1. The maximum atomic E-state index is 12.4. The van der Waals surface area contributed by atoms with E-state index in [1.165, 1.54) is 116 Å². The second-order valence-corrected chi connectivity index (χ2v) is 19.4. The molecule has 2 atom stereocenters. The average molecular weight is 859 g/mol. The van der Waals surface area contributed by atoms with Gasteiger partial charge in [0.1, 0.15) is 25.3 Å². The number of phosphoric acid groups is 1. The van der Waals surface area contributed by atoms with Crippen molar-refractivity contribution in [2.75, 3.05) is 80.7 Å². The van der Waals surface area contributed by atoms with E-state index in [9.17, 15) is 29.3 Å². The summed E-state index contributed by atoms with van der Waals surface area (Å²) in [7, 11) is 3.02. The molecule has 2 unspecified atom stereocenters. The van der Waals surface area contributed by atoms with Crippen LogP contribution in [0.25, 0.3) is 0 Å².